The summed E-state index contributed by atoms with van der Waals surface area (Å²) < 4.78 is 33.7. The number of piperidine rings is 4. The fourth-order valence-electron chi connectivity index (χ4n) is 17.3. The fraction of sp³-hybridized carbons (Fsp3) is 0.327. The summed E-state index contributed by atoms with van der Waals surface area (Å²) in [6.07, 6.45) is 15.6. The van der Waals surface area contributed by atoms with Crippen LogP contribution in [-0.4, -0.2) is 189 Å². The summed E-state index contributed by atoms with van der Waals surface area (Å²) in [5, 5.41) is 16.4. The SMILES string of the molecule is CC(C)(C)OC(=O)C1CCN(c2ccc(Nc3ncc4c(n3)OCN(c3c(Cl)cccc3Cl)C4=O)cc2)CC1.CC(C)(C)OC(=O)N1CCC(c2ccc(N)cc2)CC1.CN1CCC(c2ccc(Nc3ncc4c(n3)OCN(c3c(Cl)cccc3Cl)C4=O)cc2)CC1.CSc1ncc2c(n1)OCN(c1c(Cl)cccc1Cl)C2=O.Cl.O=C1c2cnc(Nc3ccc(C4CCNCC4)cc3)nc2OCN1c1c(Cl)cccc1Cl. The first-order valence-corrected chi connectivity index (χ1v) is 51.3. The zero-order valence-corrected chi connectivity index (χ0v) is 88.6. The molecule has 12 heterocycles. The lowest BCUT2D eigenvalue weighted by molar-refractivity contribution is -0.160. The minimum Gasteiger partial charge on any atom is -0.460 e. The summed E-state index contributed by atoms with van der Waals surface area (Å²) in [4.78, 5) is 122. The Morgan fingerprint density at radius 2 is 0.712 bits per heavy atom. The number of hydrogen-bond donors (Lipinski definition) is 5. The first-order valence-electron chi connectivity index (χ1n) is 47.0. The summed E-state index contributed by atoms with van der Waals surface area (Å²) in [7, 11) is 2.17. The predicted molar refractivity (Wildman–Crippen MR) is 577 cm³/mol. The second-order valence-corrected chi connectivity index (χ2v) is 41.1. The quantitative estimate of drug-likeness (QED) is 0.0260. The van der Waals surface area contributed by atoms with Gasteiger partial charge in [0.25, 0.3) is 23.6 Å². The number of benzene rings is 8. The molecule has 8 aliphatic heterocycles. The molecule has 4 fully saturated rings. The number of hydrogen-bond acceptors (Lipinski definition) is 28. The van der Waals surface area contributed by atoms with E-state index in [9.17, 15) is 28.8 Å². The van der Waals surface area contributed by atoms with Gasteiger partial charge in [-0.15, -0.1) is 12.4 Å². The molecule has 0 spiro atoms. The lowest BCUT2D eigenvalue weighted by Crippen LogP contribution is -2.41. The Kier molecular flexibility index (Phi) is 36.0. The number of thioether (sulfide) groups is 1. The van der Waals surface area contributed by atoms with Gasteiger partial charge in [0.15, 0.2) is 32.1 Å². The van der Waals surface area contributed by atoms with Crippen LogP contribution in [0.3, 0.4) is 0 Å². The van der Waals surface area contributed by atoms with Crippen molar-refractivity contribution >= 4 is 222 Å². The van der Waals surface area contributed by atoms with Gasteiger partial charge in [-0.2, -0.15) is 19.9 Å². The molecule has 146 heavy (non-hydrogen) atoms. The molecule has 42 heteroatoms. The van der Waals surface area contributed by atoms with Gasteiger partial charge < -0.3 is 70.1 Å². The maximum atomic E-state index is 13.1. The molecule has 4 aromatic heterocycles. The molecule has 32 nitrogen and oxygen atoms in total. The molecule has 8 aromatic carbocycles. The number of nitrogens with two attached hydrogens (primary N) is 1. The van der Waals surface area contributed by atoms with Gasteiger partial charge in [0.1, 0.15) is 33.5 Å². The third-order valence-electron chi connectivity index (χ3n) is 24.8. The van der Waals surface area contributed by atoms with Gasteiger partial charge in [-0.1, -0.05) is 165 Å². The van der Waals surface area contributed by atoms with Gasteiger partial charge >= 0.3 is 12.1 Å². The minimum atomic E-state index is -0.467. The number of ether oxygens (including phenoxy) is 6. The molecule has 12 aromatic rings. The van der Waals surface area contributed by atoms with Crippen molar-refractivity contribution in [2.24, 2.45) is 5.92 Å². The maximum Gasteiger partial charge on any atom is 0.410 e. The molecule has 0 atom stereocenters. The van der Waals surface area contributed by atoms with E-state index in [1.165, 1.54) is 85.7 Å². The van der Waals surface area contributed by atoms with Crippen molar-refractivity contribution in [2.45, 2.75) is 127 Å². The number of carbonyl (C=O) groups is 6. The average Bonchev–Trinajstić information content (AvgIpc) is 0.783. The number of aromatic nitrogens is 8. The number of fused-ring (bicyclic) bond motifs is 4. The highest BCUT2D eigenvalue weighted by atomic mass is 35.5. The molecule has 0 radical (unpaired) electrons. The second kappa shape index (κ2) is 48.6. The highest BCUT2D eigenvalue weighted by molar-refractivity contribution is 7.98. The number of nitrogens with one attached hydrogen (secondary N) is 4. The van der Waals surface area contributed by atoms with E-state index in [4.69, 9.17) is 127 Å². The zero-order chi connectivity index (χ0) is 102. The Labute approximate surface area is 896 Å². The number of anilines is 12. The molecule has 0 saturated carbocycles. The molecule has 4 saturated heterocycles. The average molecular weight is 2180 g/mol. The van der Waals surface area contributed by atoms with Crippen LogP contribution in [0.4, 0.5) is 73.8 Å². The third kappa shape index (κ3) is 26.8. The number of esters is 1. The van der Waals surface area contributed by atoms with Crippen LogP contribution in [0.25, 0.3) is 0 Å². The Hall–Kier alpha value is -12.2. The fourth-order valence-corrected chi connectivity index (χ4v) is 20.0. The lowest BCUT2D eigenvalue weighted by atomic mass is 9.89. The van der Waals surface area contributed by atoms with E-state index in [1.807, 2.05) is 108 Å². The van der Waals surface area contributed by atoms with Crippen LogP contribution in [-0.2, 0) is 14.3 Å². The van der Waals surface area contributed by atoms with Crippen LogP contribution < -0.4 is 70.4 Å². The largest absolute Gasteiger partial charge is 0.460 e. The van der Waals surface area contributed by atoms with Crippen LogP contribution in [0, 0.1) is 5.92 Å². The molecule has 8 aliphatic rings. The smallest absolute Gasteiger partial charge is 0.410 e. The van der Waals surface area contributed by atoms with Crippen LogP contribution in [0.2, 0.25) is 40.2 Å². The van der Waals surface area contributed by atoms with Crippen LogP contribution in [0.1, 0.15) is 169 Å². The standard InChI is InChI=1S/C28H29Cl2N5O4.C24H23Cl2N5O2.C23H21Cl2N5O2.C16H24N2O2.C13H9Cl2N3O2S.ClH/c1-28(2,3)39-26(37)17-11-13-34(14-12-17)19-9-7-18(8-10-19)32-27-31-15-20-24(33-27)38-16-35(25(20)36)23-21(29)5-4-6-22(23)30;1-30-11-9-16(10-12-30)15-5-7-17(8-6-15)28-24-27-13-18-22(29-24)33-14-31(23(18)32)21-19(25)3-2-4-20(21)26;24-18-2-1-3-19(25)20(18)30-13-32-21-17(22(30)31)12-27-23(29-21)28-16-6-4-14(5-7-16)15-8-10-26-11-9-15;1-16(2,3)20-15(19)18-10-8-13(9-11-18)12-4-6-14(17)7-5-12;1-21-13-16-5-7-11(17-13)20-6-18(12(7)19)10-8(14)3-2-4-9(10)15;/h4-10,15,17H,11-14,16H2,1-3H3,(H,31,32,33);2-8,13,16H,9-12,14H2,1H3,(H,27,28,29);1-7,12,15,26H,8-11,13H2,(H,27,28,29);4-7,13H,8-11,17H2,1-3H3;2-5H,6H2,1H3;1H. The van der Waals surface area contributed by atoms with E-state index >= 15 is 0 Å². The van der Waals surface area contributed by atoms with Crippen molar-refractivity contribution in [2.75, 3.05) is 139 Å². The van der Waals surface area contributed by atoms with Gasteiger partial charge in [-0.05, 0) is 276 Å². The van der Waals surface area contributed by atoms with Gasteiger partial charge in [0.2, 0.25) is 41.4 Å². The van der Waals surface area contributed by atoms with E-state index in [0.717, 1.165) is 119 Å². The Bertz CT molecular complexity index is 6620. The normalized spacial score (nSPS) is 16.0. The van der Waals surface area contributed by atoms with E-state index in [2.05, 4.69) is 114 Å². The number of para-hydroxylation sites is 4. The van der Waals surface area contributed by atoms with Crippen LogP contribution in [0.5, 0.6) is 23.5 Å². The van der Waals surface area contributed by atoms with Crippen molar-refractivity contribution in [3.8, 4) is 23.5 Å². The molecule has 6 N–H and O–H groups in total. The van der Waals surface area contributed by atoms with E-state index < -0.39 is 11.2 Å². The number of halogens is 9. The summed E-state index contributed by atoms with van der Waals surface area (Å²) in [5.74, 6) is 2.17. The number of nitrogens with zero attached hydrogens (tertiary/aromatic N) is 15. The van der Waals surface area contributed by atoms with Crippen molar-refractivity contribution in [1.82, 2.24) is 55.0 Å². The topological polar surface area (TPSA) is 358 Å². The Morgan fingerprint density at radius 1 is 0.404 bits per heavy atom. The van der Waals surface area contributed by atoms with Crippen molar-refractivity contribution in [3.05, 3.63) is 274 Å². The predicted octanol–water partition coefficient (Wildman–Crippen LogP) is 23.7. The first kappa shape index (κ1) is 108. The zero-order valence-electron chi connectivity index (χ0n) is 81.0. The Balaban J connectivity index is 0.000000140. The summed E-state index contributed by atoms with van der Waals surface area (Å²) in [5.41, 5.74) is 15.8. The van der Waals surface area contributed by atoms with E-state index in [0.29, 0.717) is 104 Å². The lowest BCUT2D eigenvalue weighted by Gasteiger charge is -2.34. The second-order valence-electron chi connectivity index (χ2n) is 37.1. The van der Waals surface area contributed by atoms with Gasteiger partial charge in [-0.3, -0.25) is 43.6 Å². The minimum absolute atomic E-state index is 0. The molecular weight excluding hydrogens is 2070 g/mol. The molecule has 20 rings (SSSR count). The number of rotatable bonds is 16. The summed E-state index contributed by atoms with van der Waals surface area (Å²) >= 11 is 51.2. The molecule has 0 aliphatic carbocycles. The van der Waals surface area contributed by atoms with Gasteiger partial charge in [-0.25, -0.2) is 24.7 Å². The highest BCUT2D eigenvalue weighted by Crippen LogP contribution is 2.45. The third-order valence-corrected chi connectivity index (χ3v) is 27.8. The van der Waals surface area contributed by atoms with Gasteiger partial charge in [0.05, 0.1) is 68.8 Å². The molecular formula is C104H107Cl9N20O12S. The maximum absolute atomic E-state index is 13.1. The monoisotopic (exact) mass is 2170 g/mol. The molecule has 5 amide bonds. The number of amides is 5. The molecule has 0 unspecified atom stereocenters. The summed E-state index contributed by atoms with van der Waals surface area (Å²) in [6.45, 7) is 18.7. The van der Waals surface area contributed by atoms with Crippen LogP contribution in [0.15, 0.2) is 200 Å². The molecule has 0 bridgehead atoms. The summed E-state index contributed by atoms with van der Waals surface area (Å²) in [6, 6.07) is 52.9. The van der Waals surface area contributed by atoms with Crippen molar-refractivity contribution in [3.63, 3.8) is 0 Å². The van der Waals surface area contributed by atoms with E-state index in [1.54, 1.807) is 77.7 Å². The van der Waals surface area contributed by atoms with Gasteiger partial charge in [0, 0.05) is 79.4 Å². The molecule has 764 valence electrons. The number of carbonyl (C=O) groups excluding carboxylic acids is 6. The van der Waals surface area contributed by atoms with Crippen molar-refractivity contribution < 1.29 is 57.2 Å². The first-order chi connectivity index (χ1) is 69.6. The number of nitrogen functional groups attached to an aromatic ring is 1. The Morgan fingerprint density at radius 3 is 1.05 bits per heavy atom. The van der Waals surface area contributed by atoms with Crippen molar-refractivity contribution in [1.29, 1.82) is 0 Å². The highest BCUT2D eigenvalue weighted by Gasteiger charge is 2.39. The van der Waals surface area contributed by atoms with Crippen LogP contribution >= 0.6 is 117 Å². The number of likely N-dealkylation sites (tertiary alicyclic amines) is 2. The van der Waals surface area contributed by atoms with E-state index in [-0.39, 0.29) is 127 Å².